The molecular formula is C20H28BrN3O. The number of hydrogen-bond donors (Lipinski definition) is 3. The number of hydrogen-bond acceptors (Lipinski definition) is 2. The predicted octanol–water partition coefficient (Wildman–Crippen LogP) is 4.52. The van der Waals surface area contributed by atoms with Gasteiger partial charge in [-0.2, -0.15) is 0 Å². The van der Waals surface area contributed by atoms with Crippen molar-refractivity contribution in [3.63, 3.8) is 0 Å². The van der Waals surface area contributed by atoms with Gasteiger partial charge in [0.25, 0.3) is 0 Å². The van der Waals surface area contributed by atoms with Gasteiger partial charge in [-0.3, -0.25) is 0 Å². The molecule has 0 aliphatic rings. The average molecular weight is 406 g/mol. The monoisotopic (exact) mass is 405 g/mol. The zero-order chi connectivity index (χ0) is 17.0. The highest BCUT2D eigenvalue weighted by atomic mass is 79.9. The summed E-state index contributed by atoms with van der Waals surface area (Å²) in [7, 11) is 0. The molecule has 0 aliphatic carbocycles. The molecule has 0 saturated heterocycles. The molecule has 0 aliphatic heterocycles. The van der Waals surface area contributed by atoms with E-state index in [0.29, 0.717) is 6.54 Å². The lowest BCUT2D eigenvalue weighted by molar-refractivity contribution is 0.252. The van der Waals surface area contributed by atoms with Crippen LogP contribution in [0.25, 0.3) is 0 Å². The second-order valence-corrected chi connectivity index (χ2v) is 5.80. The fourth-order valence-electron chi connectivity index (χ4n) is 2.53. The summed E-state index contributed by atoms with van der Waals surface area (Å²) in [5.74, 6) is 0. The maximum absolute atomic E-state index is 11.8. The van der Waals surface area contributed by atoms with E-state index in [0.717, 1.165) is 25.2 Å². The van der Waals surface area contributed by atoms with Crippen LogP contribution in [0.3, 0.4) is 0 Å². The number of nitrogens with one attached hydrogen (secondary N) is 3. The minimum atomic E-state index is -0.175. The van der Waals surface area contributed by atoms with Crippen LogP contribution in [0.2, 0.25) is 0 Å². The maximum atomic E-state index is 11.8. The number of anilines is 1. The number of rotatable bonds is 9. The number of benzene rings is 2. The van der Waals surface area contributed by atoms with Crippen molar-refractivity contribution in [1.82, 2.24) is 10.6 Å². The Hall–Kier alpha value is -1.85. The van der Waals surface area contributed by atoms with Crippen LogP contribution in [0.15, 0.2) is 54.6 Å². The zero-order valence-electron chi connectivity index (χ0n) is 14.8. The molecule has 0 aromatic heterocycles. The molecule has 2 aromatic rings. The highest BCUT2D eigenvalue weighted by Crippen LogP contribution is 2.11. The first kappa shape index (κ1) is 21.2. The van der Waals surface area contributed by atoms with Gasteiger partial charge in [0.15, 0.2) is 0 Å². The van der Waals surface area contributed by atoms with Gasteiger partial charge >= 0.3 is 6.03 Å². The van der Waals surface area contributed by atoms with Crippen molar-refractivity contribution in [2.45, 2.75) is 32.7 Å². The Kier molecular flexibility index (Phi) is 10.6. The molecule has 0 atom stereocenters. The number of carbonyl (C=O) groups excluding carboxylic acids is 1. The molecule has 2 rings (SSSR count). The Bertz CT molecular complexity index is 619. The quantitative estimate of drug-likeness (QED) is 0.537. The topological polar surface area (TPSA) is 53.2 Å². The smallest absolute Gasteiger partial charge is 0.319 e. The summed E-state index contributed by atoms with van der Waals surface area (Å²) in [5.41, 5.74) is 3.56. The lowest BCUT2D eigenvalue weighted by atomic mass is 10.0. The van der Waals surface area contributed by atoms with Gasteiger partial charge in [0, 0.05) is 25.3 Å². The van der Waals surface area contributed by atoms with E-state index in [4.69, 9.17) is 0 Å². The Morgan fingerprint density at radius 3 is 2.32 bits per heavy atom. The Balaban J connectivity index is 0.00000312. The third-order valence-corrected chi connectivity index (χ3v) is 3.85. The summed E-state index contributed by atoms with van der Waals surface area (Å²) < 4.78 is 0. The molecule has 2 amide bonds. The fourth-order valence-corrected chi connectivity index (χ4v) is 2.53. The lowest BCUT2D eigenvalue weighted by Gasteiger charge is -2.11. The number of carbonyl (C=O) groups is 1. The van der Waals surface area contributed by atoms with E-state index in [1.807, 2.05) is 30.3 Å². The molecule has 136 valence electrons. The van der Waals surface area contributed by atoms with Gasteiger partial charge < -0.3 is 16.0 Å². The molecule has 25 heavy (non-hydrogen) atoms. The standard InChI is InChI=1S/C20H27N3O.BrH/c1-2-3-9-17-10-7-8-11-18(17)16-21-14-15-22-20(24)23-19-12-5-4-6-13-19;/h4-8,10-13,21H,2-3,9,14-16H2,1H3,(H2,22,23,24);1H. The largest absolute Gasteiger partial charge is 0.337 e. The van der Waals surface area contributed by atoms with E-state index in [1.54, 1.807) is 0 Å². The van der Waals surface area contributed by atoms with Crippen LogP contribution in [0.1, 0.15) is 30.9 Å². The predicted molar refractivity (Wildman–Crippen MR) is 111 cm³/mol. The van der Waals surface area contributed by atoms with Crippen molar-refractivity contribution in [2.75, 3.05) is 18.4 Å². The maximum Gasteiger partial charge on any atom is 0.319 e. The van der Waals surface area contributed by atoms with Gasteiger partial charge in [0.2, 0.25) is 0 Å². The van der Waals surface area contributed by atoms with Gasteiger partial charge in [0.05, 0.1) is 0 Å². The van der Waals surface area contributed by atoms with E-state index < -0.39 is 0 Å². The number of aryl methyl sites for hydroxylation is 1. The van der Waals surface area contributed by atoms with Gasteiger partial charge in [-0.25, -0.2) is 4.79 Å². The van der Waals surface area contributed by atoms with Gasteiger partial charge in [-0.1, -0.05) is 55.8 Å². The van der Waals surface area contributed by atoms with Crippen molar-refractivity contribution in [3.8, 4) is 0 Å². The third-order valence-electron chi connectivity index (χ3n) is 3.85. The first-order valence-electron chi connectivity index (χ1n) is 8.67. The molecule has 0 spiro atoms. The van der Waals surface area contributed by atoms with Crippen molar-refractivity contribution >= 4 is 28.7 Å². The number of halogens is 1. The minimum Gasteiger partial charge on any atom is -0.337 e. The normalized spacial score (nSPS) is 9.96. The van der Waals surface area contributed by atoms with Crippen molar-refractivity contribution < 1.29 is 4.79 Å². The van der Waals surface area contributed by atoms with Crippen LogP contribution in [0, 0.1) is 0 Å². The molecule has 0 unspecified atom stereocenters. The molecule has 0 fully saturated rings. The summed E-state index contributed by atoms with van der Waals surface area (Å²) in [6, 6.07) is 17.8. The van der Waals surface area contributed by atoms with Crippen molar-refractivity contribution in [1.29, 1.82) is 0 Å². The summed E-state index contributed by atoms with van der Waals surface area (Å²) in [6.07, 6.45) is 3.56. The molecule has 4 nitrogen and oxygen atoms in total. The Morgan fingerprint density at radius 1 is 0.920 bits per heavy atom. The van der Waals surface area contributed by atoms with Crippen molar-refractivity contribution in [3.05, 3.63) is 65.7 Å². The van der Waals surface area contributed by atoms with E-state index in [9.17, 15) is 4.79 Å². The number of urea groups is 1. The highest BCUT2D eigenvalue weighted by Gasteiger charge is 2.02. The SMILES string of the molecule is Br.CCCCc1ccccc1CNCCNC(=O)Nc1ccccc1. The Morgan fingerprint density at radius 2 is 1.60 bits per heavy atom. The molecule has 2 aromatic carbocycles. The first-order chi connectivity index (χ1) is 11.8. The fraction of sp³-hybridized carbons (Fsp3) is 0.350. The van der Waals surface area contributed by atoms with Crippen LogP contribution >= 0.6 is 17.0 Å². The molecule has 0 bridgehead atoms. The van der Waals surface area contributed by atoms with E-state index in [1.165, 1.54) is 24.0 Å². The number of amides is 2. The van der Waals surface area contributed by atoms with E-state index >= 15 is 0 Å². The molecular weight excluding hydrogens is 378 g/mol. The average Bonchev–Trinajstić information content (AvgIpc) is 2.61. The van der Waals surface area contributed by atoms with E-state index in [-0.39, 0.29) is 23.0 Å². The first-order valence-corrected chi connectivity index (χ1v) is 8.67. The summed E-state index contributed by atoms with van der Waals surface area (Å²) >= 11 is 0. The second-order valence-electron chi connectivity index (χ2n) is 5.80. The van der Waals surface area contributed by atoms with Crippen LogP contribution < -0.4 is 16.0 Å². The highest BCUT2D eigenvalue weighted by molar-refractivity contribution is 8.93. The molecule has 5 heteroatoms. The van der Waals surface area contributed by atoms with Gasteiger partial charge in [-0.05, 0) is 36.1 Å². The second kappa shape index (κ2) is 12.5. The van der Waals surface area contributed by atoms with Crippen LogP contribution in [-0.2, 0) is 13.0 Å². The third kappa shape index (κ3) is 8.18. The van der Waals surface area contributed by atoms with Crippen LogP contribution in [-0.4, -0.2) is 19.1 Å². The lowest BCUT2D eigenvalue weighted by Crippen LogP contribution is -2.34. The number of unbranched alkanes of at least 4 members (excludes halogenated alkanes) is 1. The summed E-state index contributed by atoms with van der Waals surface area (Å²) in [4.78, 5) is 11.8. The summed E-state index contributed by atoms with van der Waals surface area (Å²) in [6.45, 7) is 4.38. The molecule has 0 heterocycles. The van der Waals surface area contributed by atoms with Crippen LogP contribution in [0.4, 0.5) is 10.5 Å². The zero-order valence-corrected chi connectivity index (χ0v) is 16.5. The minimum absolute atomic E-state index is 0. The van der Waals surface area contributed by atoms with Gasteiger partial charge in [0.1, 0.15) is 0 Å². The molecule has 0 saturated carbocycles. The van der Waals surface area contributed by atoms with Gasteiger partial charge in [-0.15, -0.1) is 17.0 Å². The molecule has 3 N–H and O–H groups in total. The van der Waals surface area contributed by atoms with E-state index in [2.05, 4.69) is 47.1 Å². The Labute approximate surface area is 161 Å². The summed E-state index contributed by atoms with van der Waals surface area (Å²) in [5, 5.41) is 9.05. The van der Waals surface area contributed by atoms with Crippen LogP contribution in [0.5, 0.6) is 0 Å². The molecule has 0 radical (unpaired) electrons. The number of para-hydroxylation sites is 1. The van der Waals surface area contributed by atoms with Crippen molar-refractivity contribution in [2.24, 2.45) is 0 Å².